The van der Waals surface area contributed by atoms with E-state index in [1.165, 1.54) is 5.56 Å². The summed E-state index contributed by atoms with van der Waals surface area (Å²) >= 11 is 3.36. The maximum absolute atomic E-state index is 5.95. The van der Waals surface area contributed by atoms with Gasteiger partial charge in [-0.1, -0.05) is 44.7 Å². The van der Waals surface area contributed by atoms with Gasteiger partial charge in [-0.15, -0.1) is 21.5 Å². The Labute approximate surface area is 169 Å². The van der Waals surface area contributed by atoms with Gasteiger partial charge in [0.2, 0.25) is 0 Å². The fourth-order valence-corrected chi connectivity index (χ4v) is 4.24. The molecule has 0 saturated heterocycles. The van der Waals surface area contributed by atoms with Crippen molar-refractivity contribution in [1.82, 2.24) is 19.7 Å². The Bertz CT molecular complexity index is 855. The largest absolute Gasteiger partial charge is 0.486 e. The number of thiazole rings is 1. The lowest BCUT2D eigenvalue weighted by atomic mass is 10.2. The smallest absolute Gasteiger partial charge is 0.191 e. The number of rotatable bonds is 9. The van der Waals surface area contributed by atoms with Gasteiger partial charge in [0, 0.05) is 17.7 Å². The normalized spacial score (nSPS) is 11.3. The minimum absolute atomic E-state index is 0.418. The zero-order valence-corrected chi connectivity index (χ0v) is 17.9. The summed E-state index contributed by atoms with van der Waals surface area (Å²) in [6, 6.07) is 8.24. The summed E-state index contributed by atoms with van der Waals surface area (Å²) < 4.78 is 8.13. The highest BCUT2D eigenvalue weighted by Crippen LogP contribution is 2.24. The van der Waals surface area contributed by atoms with Crippen LogP contribution in [0.3, 0.4) is 0 Å². The number of ether oxygens (including phenoxy) is 1. The molecule has 3 aromatic rings. The molecule has 0 spiro atoms. The van der Waals surface area contributed by atoms with Gasteiger partial charge < -0.3 is 9.30 Å². The Hall–Kier alpha value is -1.86. The molecule has 0 aliphatic heterocycles. The van der Waals surface area contributed by atoms with Crippen molar-refractivity contribution in [2.24, 2.45) is 5.92 Å². The molecule has 0 atom stereocenters. The number of hydrogen-bond donors (Lipinski definition) is 0. The van der Waals surface area contributed by atoms with E-state index in [9.17, 15) is 0 Å². The average molecular weight is 403 g/mol. The summed E-state index contributed by atoms with van der Waals surface area (Å²) in [6.07, 6.45) is 1.03. The van der Waals surface area contributed by atoms with Crippen LogP contribution in [0.15, 0.2) is 34.8 Å². The maximum atomic E-state index is 5.95. The SMILES string of the molecule is CCc1ccc(OCc2nnc(SCc3csc(C)n3)n2CC(C)C)cc1. The van der Waals surface area contributed by atoms with Crippen LogP contribution in [0.25, 0.3) is 0 Å². The lowest BCUT2D eigenvalue weighted by Crippen LogP contribution is -2.12. The number of benzene rings is 1. The van der Waals surface area contributed by atoms with E-state index in [-0.39, 0.29) is 0 Å². The van der Waals surface area contributed by atoms with Crippen LogP contribution in [0.2, 0.25) is 0 Å². The van der Waals surface area contributed by atoms with Crippen molar-refractivity contribution >= 4 is 23.1 Å². The molecule has 2 aromatic heterocycles. The molecule has 1 aromatic carbocycles. The highest BCUT2D eigenvalue weighted by molar-refractivity contribution is 7.98. The third kappa shape index (κ3) is 5.56. The van der Waals surface area contributed by atoms with Gasteiger partial charge >= 0.3 is 0 Å². The summed E-state index contributed by atoms with van der Waals surface area (Å²) in [6.45, 7) is 9.87. The number of hydrogen-bond acceptors (Lipinski definition) is 6. The first-order chi connectivity index (χ1) is 13.0. The van der Waals surface area contributed by atoms with Crippen molar-refractivity contribution in [3.8, 4) is 5.75 Å². The van der Waals surface area contributed by atoms with E-state index in [0.29, 0.717) is 12.5 Å². The molecule has 2 heterocycles. The second kappa shape index (κ2) is 9.37. The van der Waals surface area contributed by atoms with Crippen molar-refractivity contribution < 1.29 is 4.74 Å². The van der Waals surface area contributed by atoms with Gasteiger partial charge in [0.25, 0.3) is 0 Å². The summed E-state index contributed by atoms with van der Waals surface area (Å²) in [7, 11) is 0. The molecule has 0 unspecified atom stereocenters. The standard InChI is InChI=1S/C20H26N4OS2/c1-5-16-6-8-18(9-7-16)25-11-19-22-23-20(24(19)10-14(2)3)27-13-17-12-26-15(4)21-17/h6-9,12,14H,5,10-11,13H2,1-4H3. The number of aromatic nitrogens is 4. The van der Waals surface area contributed by atoms with Gasteiger partial charge in [0.15, 0.2) is 11.0 Å². The molecule has 0 N–H and O–H groups in total. The van der Waals surface area contributed by atoms with Crippen molar-refractivity contribution in [2.75, 3.05) is 0 Å². The molecule has 0 bridgehead atoms. The lowest BCUT2D eigenvalue weighted by molar-refractivity contribution is 0.284. The average Bonchev–Trinajstić information content (AvgIpc) is 3.24. The molecule has 0 aliphatic carbocycles. The predicted octanol–water partition coefficient (Wildman–Crippen LogP) is 5.13. The Kier molecular flexibility index (Phi) is 6.90. The van der Waals surface area contributed by atoms with Crippen LogP contribution in [-0.4, -0.2) is 19.7 Å². The third-order valence-electron chi connectivity index (χ3n) is 4.06. The Morgan fingerprint density at radius 1 is 1.19 bits per heavy atom. The summed E-state index contributed by atoms with van der Waals surface area (Å²) in [5, 5.41) is 12.9. The molecule has 0 aliphatic rings. The fraction of sp³-hybridized carbons (Fsp3) is 0.450. The fourth-order valence-electron chi connectivity index (χ4n) is 2.66. The minimum atomic E-state index is 0.418. The third-order valence-corrected chi connectivity index (χ3v) is 5.88. The zero-order valence-electron chi connectivity index (χ0n) is 16.3. The van der Waals surface area contributed by atoms with Crippen molar-refractivity contribution in [2.45, 2.75) is 58.2 Å². The maximum Gasteiger partial charge on any atom is 0.191 e. The molecule has 5 nitrogen and oxygen atoms in total. The van der Waals surface area contributed by atoms with Crippen LogP contribution >= 0.6 is 23.1 Å². The molecule has 3 rings (SSSR count). The molecule has 0 amide bonds. The number of nitrogens with zero attached hydrogens (tertiary/aromatic N) is 4. The molecule has 7 heteroatoms. The van der Waals surface area contributed by atoms with Crippen LogP contribution in [0.4, 0.5) is 0 Å². The van der Waals surface area contributed by atoms with Gasteiger partial charge in [-0.05, 0) is 37.0 Å². The summed E-state index contributed by atoms with van der Waals surface area (Å²) in [4.78, 5) is 4.53. The number of aryl methyl sites for hydroxylation is 2. The quantitative estimate of drug-likeness (QED) is 0.464. The van der Waals surface area contributed by atoms with Gasteiger partial charge in [-0.3, -0.25) is 0 Å². The highest BCUT2D eigenvalue weighted by Gasteiger charge is 2.15. The van der Waals surface area contributed by atoms with E-state index in [1.807, 2.05) is 19.1 Å². The molecule has 0 radical (unpaired) electrons. The lowest BCUT2D eigenvalue weighted by Gasteiger charge is -2.13. The van der Waals surface area contributed by atoms with Gasteiger partial charge in [0.05, 0.1) is 10.7 Å². The molecule has 144 valence electrons. The predicted molar refractivity (Wildman–Crippen MR) is 111 cm³/mol. The van der Waals surface area contributed by atoms with Crippen molar-refractivity contribution in [1.29, 1.82) is 0 Å². The Morgan fingerprint density at radius 3 is 2.59 bits per heavy atom. The number of thioether (sulfide) groups is 1. The first-order valence-corrected chi connectivity index (χ1v) is 11.1. The van der Waals surface area contributed by atoms with E-state index >= 15 is 0 Å². The first-order valence-electron chi connectivity index (χ1n) is 9.22. The van der Waals surface area contributed by atoms with Crippen LogP contribution in [0.5, 0.6) is 5.75 Å². The highest BCUT2D eigenvalue weighted by atomic mass is 32.2. The first kappa shape index (κ1) is 19.9. The van der Waals surface area contributed by atoms with E-state index in [0.717, 1.165) is 46.2 Å². The van der Waals surface area contributed by atoms with Gasteiger partial charge in [-0.2, -0.15) is 0 Å². The molecule has 0 saturated carbocycles. The van der Waals surface area contributed by atoms with Gasteiger partial charge in [0.1, 0.15) is 12.4 Å². The second-order valence-corrected chi connectivity index (χ2v) is 8.84. The topological polar surface area (TPSA) is 52.8 Å². The van der Waals surface area contributed by atoms with Crippen LogP contribution in [0, 0.1) is 12.8 Å². The van der Waals surface area contributed by atoms with E-state index < -0.39 is 0 Å². The van der Waals surface area contributed by atoms with E-state index in [4.69, 9.17) is 4.74 Å². The summed E-state index contributed by atoms with van der Waals surface area (Å²) in [5.41, 5.74) is 2.40. The van der Waals surface area contributed by atoms with E-state index in [2.05, 4.69) is 58.0 Å². The monoisotopic (exact) mass is 402 g/mol. The summed E-state index contributed by atoms with van der Waals surface area (Å²) in [5.74, 6) is 3.03. The molecule has 27 heavy (non-hydrogen) atoms. The molecular weight excluding hydrogens is 376 g/mol. The van der Waals surface area contributed by atoms with Crippen molar-refractivity contribution in [3.63, 3.8) is 0 Å². The zero-order chi connectivity index (χ0) is 19.2. The molecular formula is C20H26N4OS2. The Morgan fingerprint density at radius 2 is 1.96 bits per heavy atom. The van der Waals surface area contributed by atoms with Crippen molar-refractivity contribution in [3.05, 3.63) is 51.7 Å². The second-order valence-electron chi connectivity index (χ2n) is 6.84. The molecule has 0 fully saturated rings. The van der Waals surface area contributed by atoms with Crippen LogP contribution < -0.4 is 4.74 Å². The van der Waals surface area contributed by atoms with E-state index in [1.54, 1.807) is 23.1 Å². The van der Waals surface area contributed by atoms with Crippen LogP contribution in [-0.2, 0) is 25.3 Å². The minimum Gasteiger partial charge on any atom is -0.486 e. The van der Waals surface area contributed by atoms with Crippen LogP contribution in [0.1, 0.15) is 42.9 Å². The van der Waals surface area contributed by atoms with Gasteiger partial charge in [-0.25, -0.2) is 4.98 Å². The Balaban J connectivity index is 1.68.